The van der Waals surface area contributed by atoms with Gasteiger partial charge in [0.05, 0.1) is 11.4 Å². The molecule has 7 heteroatoms. The van der Waals surface area contributed by atoms with E-state index in [2.05, 4.69) is 21.8 Å². The van der Waals surface area contributed by atoms with Gasteiger partial charge in [-0.05, 0) is 18.8 Å². The number of rotatable bonds is 7. The molecule has 1 aliphatic heterocycles. The molecule has 0 aromatic carbocycles. The van der Waals surface area contributed by atoms with Gasteiger partial charge < -0.3 is 13.7 Å². The molecule has 0 spiro atoms. The summed E-state index contributed by atoms with van der Waals surface area (Å²) >= 11 is 0. The third-order valence-electron chi connectivity index (χ3n) is 4.39. The Hall–Kier alpha value is -2.15. The fourth-order valence-electron chi connectivity index (χ4n) is 3.13. The van der Waals surface area contributed by atoms with Crippen molar-refractivity contribution < 1.29 is 13.6 Å². The van der Waals surface area contributed by atoms with Crippen LogP contribution >= 0.6 is 0 Å². The molecule has 3 rings (SSSR count). The summed E-state index contributed by atoms with van der Waals surface area (Å²) in [5.74, 6) is 0.830. The van der Waals surface area contributed by atoms with Crippen LogP contribution in [0.5, 0.6) is 0 Å². The number of hydrogen-bond acceptors (Lipinski definition) is 6. The van der Waals surface area contributed by atoms with Crippen LogP contribution < -0.4 is 0 Å². The third kappa shape index (κ3) is 4.67. The van der Waals surface area contributed by atoms with Crippen LogP contribution in [0.2, 0.25) is 0 Å². The van der Waals surface area contributed by atoms with E-state index in [9.17, 15) is 4.79 Å². The Morgan fingerprint density at radius 3 is 2.46 bits per heavy atom. The molecule has 1 amide bonds. The van der Waals surface area contributed by atoms with Crippen LogP contribution in [-0.4, -0.2) is 45.3 Å². The van der Waals surface area contributed by atoms with E-state index in [1.807, 2.05) is 4.90 Å². The van der Waals surface area contributed by atoms with Gasteiger partial charge in [0.2, 0.25) is 5.91 Å². The second-order valence-corrected chi connectivity index (χ2v) is 6.51. The van der Waals surface area contributed by atoms with E-state index in [0.717, 1.165) is 30.9 Å². The first-order valence-electron chi connectivity index (χ1n) is 8.45. The summed E-state index contributed by atoms with van der Waals surface area (Å²) in [6.07, 6.45) is 8.92. The van der Waals surface area contributed by atoms with Gasteiger partial charge in [-0.2, -0.15) is 0 Å². The molecule has 2 aromatic heterocycles. The lowest BCUT2D eigenvalue weighted by atomic mass is 10.00. The van der Waals surface area contributed by atoms with Gasteiger partial charge in [-0.15, -0.1) is 0 Å². The maximum Gasteiger partial charge on any atom is 0.223 e. The van der Waals surface area contributed by atoms with Gasteiger partial charge >= 0.3 is 0 Å². The molecule has 0 radical (unpaired) electrons. The Kier molecular flexibility index (Phi) is 5.63. The van der Waals surface area contributed by atoms with Crippen molar-refractivity contribution in [3.8, 4) is 0 Å². The Labute approximate surface area is 141 Å². The third-order valence-corrected chi connectivity index (χ3v) is 4.39. The second-order valence-electron chi connectivity index (χ2n) is 6.51. The summed E-state index contributed by atoms with van der Waals surface area (Å²) < 4.78 is 10.1. The predicted octanol–water partition coefficient (Wildman–Crippen LogP) is 2.31. The number of carbonyl (C=O) groups is 1. The fourth-order valence-corrected chi connectivity index (χ4v) is 3.13. The first-order valence-corrected chi connectivity index (χ1v) is 8.45. The van der Waals surface area contributed by atoms with Crippen LogP contribution in [-0.2, 0) is 17.9 Å². The molecular weight excluding hydrogens is 308 g/mol. The fraction of sp³-hybridized carbons (Fsp3) is 0.588. The van der Waals surface area contributed by atoms with Crippen LogP contribution in [0.25, 0.3) is 0 Å². The minimum Gasteiger partial charge on any atom is -0.451 e. The Bertz CT molecular complexity index is 576. The molecule has 0 saturated carbocycles. The highest BCUT2D eigenvalue weighted by molar-refractivity contribution is 5.76. The summed E-state index contributed by atoms with van der Waals surface area (Å²) in [7, 11) is 0. The van der Waals surface area contributed by atoms with Crippen molar-refractivity contribution in [2.75, 3.05) is 19.6 Å². The van der Waals surface area contributed by atoms with Gasteiger partial charge in [-0.25, -0.2) is 9.97 Å². The van der Waals surface area contributed by atoms with E-state index in [0.29, 0.717) is 32.0 Å². The van der Waals surface area contributed by atoms with Crippen LogP contribution in [0.3, 0.4) is 0 Å². The van der Waals surface area contributed by atoms with Crippen molar-refractivity contribution in [2.45, 2.75) is 39.3 Å². The second kappa shape index (κ2) is 8.10. The van der Waals surface area contributed by atoms with E-state index >= 15 is 0 Å². The molecule has 0 bridgehead atoms. The van der Waals surface area contributed by atoms with Crippen molar-refractivity contribution in [1.29, 1.82) is 0 Å². The topological polar surface area (TPSA) is 75.6 Å². The van der Waals surface area contributed by atoms with Gasteiger partial charge in [-0.1, -0.05) is 6.92 Å². The lowest BCUT2D eigenvalue weighted by Gasteiger charge is -2.31. The Balaban J connectivity index is 1.55. The van der Waals surface area contributed by atoms with Crippen molar-refractivity contribution in [1.82, 2.24) is 19.8 Å². The molecular formula is C17H24N4O3. The predicted molar refractivity (Wildman–Crippen MR) is 86.7 cm³/mol. The van der Waals surface area contributed by atoms with E-state index in [4.69, 9.17) is 8.83 Å². The SMILES string of the molecule is C[C@H]1CCCN(C(=O)CCN(Cc2cocn2)Cc2cocn2)C1. The van der Waals surface area contributed by atoms with Crippen molar-refractivity contribution in [2.24, 2.45) is 5.92 Å². The van der Waals surface area contributed by atoms with Crippen LogP contribution in [0, 0.1) is 5.92 Å². The maximum absolute atomic E-state index is 12.5. The summed E-state index contributed by atoms with van der Waals surface area (Å²) in [6, 6.07) is 0. The smallest absolute Gasteiger partial charge is 0.223 e. The van der Waals surface area contributed by atoms with Gasteiger partial charge in [0, 0.05) is 39.1 Å². The highest BCUT2D eigenvalue weighted by atomic mass is 16.3. The summed E-state index contributed by atoms with van der Waals surface area (Å²) in [5.41, 5.74) is 1.69. The molecule has 24 heavy (non-hydrogen) atoms. The molecule has 3 heterocycles. The molecule has 1 fully saturated rings. The lowest BCUT2D eigenvalue weighted by Crippen LogP contribution is -2.40. The highest BCUT2D eigenvalue weighted by Gasteiger charge is 2.21. The zero-order valence-electron chi connectivity index (χ0n) is 14.1. The minimum absolute atomic E-state index is 0.229. The molecule has 0 N–H and O–H groups in total. The maximum atomic E-state index is 12.5. The highest BCUT2D eigenvalue weighted by Crippen LogP contribution is 2.16. The number of oxazole rings is 2. The van der Waals surface area contributed by atoms with Gasteiger partial charge in [0.1, 0.15) is 12.5 Å². The molecule has 1 atom stereocenters. The summed E-state index contributed by atoms with van der Waals surface area (Å²) in [6.45, 7) is 5.87. The number of nitrogens with zero attached hydrogens (tertiary/aromatic N) is 4. The molecule has 0 aliphatic carbocycles. The van der Waals surface area contributed by atoms with Gasteiger partial charge in [0.25, 0.3) is 0 Å². The Morgan fingerprint density at radius 1 is 1.25 bits per heavy atom. The van der Waals surface area contributed by atoms with Gasteiger partial charge in [-0.3, -0.25) is 9.69 Å². The zero-order valence-corrected chi connectivity index (χ0v) is 14.1. The van der Waals surface area contributed by atoms with E-state index in [-0.39, 0.29) is 5.91 Å². The number of hydrogen-bond donors (Lipinski definition) is 0. The molecule has 130 valence electrons. The molecule has 2 aromatic rings. The molecule has 1 aliphatic rings. The minimum atomic E-state index is 0.229. The van der Waals surface area contributed by atoms with E-state index in [1.54, 1.807) is 12.5 Å². The average Bonchev–Trinajstić information content (AvgIpc) is 3.26. The summed E-state index contributed by atoms with van der Waals surface area (Å²) in [4.78, 5) is 25.0. The molecule has 0 unspecified atom stereocenters. The van der Waals surface area contributed by atoms with Crippen LogP contribution in [0.15, 0.2) is 34.1 Å². The Morgan fingerprint density at radius 2 is 1.92 bits per heavy atom. The van der Waals surface area contributed by atoms with E-state index in [1.165, 1.54) is 19.2 Å². The number of likely N-dealkylation sites (tertiary alicyclic amines) is 1. The average molecular weight is 332 g/mol. The number of carbonyl (C=O) groups excluding carboxylic acids is 1. The normalized spacial score (nSPS) is 18.2. The first-order chi connectivity index (χ1) is 11.7. The lowest BCUT2D eigenvalue weighted by molar-refractivity contribution is -0.133. The molecule has 1 saturated heterocycles. The number of piperidine rings is 1. The quantitative estimate of drug-likeness (QED) is 0.774. The monoisotopic (exact) mass is 332 g/mol. The number of aromatic nitrogens is 2. The van der Waals surface area contributed by atoms with Crippen molar-refractivity contribution in [3.05, 3.63) is 36.7 Å². The largest absolute Gasteiger partial charge is 0.451 e. The molecule has 7 nitrogen and oxygen atoms in total. The van der Waals surface area contributed by atoms with Crippen LogP contribution in [0.4, 0.5) is 0 Å². The van der Waals surface area contributed by atoms with Crippen LogP contribution in [0.1, 0.15) is 37.6 Å². The first kappa shape index (κ1) is 16.7. The number of amides is 1. The summed E-state index contributed by atoms with van der Waals surface area (Å²) in [5, 5.41) is 0. The zero-order chi connectivity index (χ0) is 16.8. The van der Waals surface area contributed by atoms with Gasteiger partial charge in [0.15, 0.2) is 12.8 Å². The van der Waals surface area contributed by atoms with Crippen molar-refractivity contribution >= 4 is 5.91 Å². The van der Waals surface area contributed by atoms with E-state index < -0.39 is 0 Å². The van der Waals surface area contributed by atoms with Crippen molar-refractivity contribution in [3.63, 3.8) is 0 Å². The standard InChI is InChI=1S/C17H24N4O3/c1-14-3-2-5-21(7-14)17(22)4-6-20(8-15-10-23-12-18-15)9-16-11-24-13-19-16/h10-14H,2-9H2,1H3/t14-/m0/s1.